The summed E-state index contributed by atoms with van der Waals surface area (Å²) in [4.78, 5) is 4.56. The molecule has 0 fully saturated rings. The van der Waals surface area contributed by atoms with Crippen LogP contribution in [-0.2, 0) is 6.54 Å². The van der Waals surface area contributed by atoms with Crippen LogP contribution in [0.2, 0.25) is 0 Å². The molecule has 1 aromatic rings. The van der Waals surface area contributed by atoms with Crippen molar-refractivity contribution in [2.75, 3.05) is 0 Å². The average molecular weight is 209 g/mol. The van der Waals surface area contributed by atoms with Crippen LogP contribution in [0.3, 0.4) is 0 Å². The predicted octanol–water partition coefficient (Wildman–Crippen LogP) is 1.93. The minimum Gasteiger partial charge on any atom is -0.238 e. The molecule has 0 aromatic heterocycles. The van der Waals surface area contributed by atoms with Crippen molar-refractivity contribution in [2.45, 2.75) is 31.3 Å². The summed E-state index contributed by atoms with van der Waals surface area (Å²) >= 11 is 1.65. The molecule has 1 aliphatic rings. The minimum atomic E-state index is 0.452. The summed E-state index contributed by atoms with van der Waals surface area (Å²) < 4.78 is 0. The molecule has 0 aliphatic carbocycles. The SMILES string of the molecule is CC(C)NN1Cc2ccccc2SN1. The number of hydrogen-bond acceptors (Lipinski definition) is 4. The topological polar surface area (TPSA) is 27.3 Å². The third kappa shape index (κ3) is 2.27. The lowest BCUT2D eigenvalue weighted by atomic mass is 10.2. The van der Waals surface area contributed by atoms with Gasteiger partial charge >= 0.3 is 0 Å². The van der Waals surface area contributed by atoms with E-state index in [-0.39, 0.29) is 0 Å². The van der Waals surface area contributed by atoms with Crippen molar-refractivity contribution < 1.29 is 0 Å². The lowest BCUT2D eigenvalue weighted by molar-refractivity contribution is 0.130. The molecule has 4 heteroatoms. The maximum absolute atomic E-state index is 3.32. The van der Waals surface area contributed by atoms with Gasteiger partial charge in [0.05, 0.1) is 6.54 Å². The Morgan fingerprint density at radius 3 is 3.00 bits per heavy atom. The number of benzene rings is 1. The number of hydrazine groups is 2. The number of fused-ring (bicyclic) bond motifs is 1. The van der Waals surface area contributed by atoms with Gasteiger partial charge in [0.25, 0.3) is 0 Å². The zero-order valence-corrected chi connectivity index (χ0v) is 9.27. The fraction of sp³-hybridized carbons (Fsp3) is 0.400. The van der Waals surface area contributed by atoms with Gasteiger partial charge in [0.1, 0.15) is 0 Å². The summed E-state index contributed by atoms with van der Waals surface area (Å²) in [6, 6.07) is 8.91. The highest BCUT2D eigenvalue weighted by Gasteiger charge is 2.15. The highest BCUT2D eigenvalue weighted by atomic mass is 32.2. The van der Waals surface area contributed by atoms with E-state index in [4.69, 9.17) is 0 Å². The van der Waals surface area contributed by atoms with Crippen molar-refractivity contribution in [1.82, 2.24) is 15.4 Å². The molecule has 3 nitrogen and oxygen atoms in total. The number of rotatable bonds is 2. The van der Waals surface area contributed by atoms with Crippen LogP contribution in [0.5, 0.6) is 0 Å². The summed E-state index contributed by atoms with van der Waals surface area (Å²) in [6.07, 6.45) is 0. The molecule has 2 N–H and O–H groups in total. The first-order chi connectivity index (χ1) is 6.75. The molecule has 0 unspecified atom stereocenters. The van der Waals surface area contributed by atoms with E-state index >= 15 is 0 Å². The normalized spacial score (nSPS) is 17.1. The highest BCUT2D eigenvalue weighted by Crippen LogP contribution is 2.25. The molecule has 1 heterocycles. The van der Waals surface area contributed by atoms with E-state index in [0.717, 1.165) is 6.54 Å². The van der Waals surface area contributed by atoms with Crippen molar-refractivity contribution >= 4 is 11.9 Å². The molecule has 0 spiro atoms. The second-order valence-corrected chi connectivity index (χ2v) is 4.50. The van der Waals surface area contributed by atoms with E-state index in [1.807, 2.05) is 5.12 Å². The van der Waals surface area contributed by atoms with Gasteiger partial charge < -0.3 is 0 Å². The maximum atomic E-state index is 3.32. The van der Waals surface area contributed by atoms with Crippen molar-refractivity contribution in [2.24, 2.45) is 0 Å². The van der Waals surface area contributed by atoms with Crippen LogP contribution in [0, 0.1) is 0 Å². The maximum Gasteiger partial charge on any atom is 0.0559 e. The van der Waals surface area contributed by atoms with Gasteiger partial charge in [0.15, 0.2) is 0 Å². The first kappa shape index (κ1) is 9.98. The molecule has 76 valence electrons. The Kier molecular flexibility index (Phi) is 3.08. The lowest BCUT2D eigenvalue weighted by Crippen LogP contribution is -2.49. The summed E-state index contributed by atoms with van der Waals surface area (Å²) in [5, 5.41) is 2.03. The molecular weight excluding hydrogens is 194 g/mol. The zero-order valence-electron chi connectivity index (χ0n) is 8.45. The molecule has 0 atom stereocenters. The quantitative estimate of drug-likeness (QED) is 0.728. The van der Waals surface area contributed by atoms with Crippen molar-refractivity contribution in [3.8, 4) is 0 Å². The first-order valence-corrected chi connectivity index (χ1v) is 5.61. The Hall–Kier alpha value is -0.550. The van der Waals surface area contributed by atoms with E-state index in [2.05, 4.69) is 48.4 Å². The molecule has 2 rings (SSSR count). The van der Waals surface area contributed by atoms with E-state index in [1.54, 1.807) is 11.9 Å². The number of hydrogen-bond donors (Lipinski definition) is 2. The van der Waals surface area contributed by atoms with Crippen LogP contribution in [0.15, 0.2) is 29.2 Å². The van der Waals surface area contributed by atoms with Crippen LogP contribution in [-0.4, -0.2) is 11.2 Å². The third-order valence-electron chi connectivity index (χ3n) is 1.98. The van der Waals surface area contributed by atoms with Crippen LogP contribution >= 0.6 is 11.9 Å². The smallest absolute Gasteiger partial charge is 0.0559 e. The van der Waals surface area contributed by atoms with Crippen LogP contribution in [0.4, 0.5) is 0 Å². The van der Waals surface area contributed by atoms with E-state index < -0.39 is 0 Å². The minimum absolute atomic E-state index is 0.452. The molecule has 14 heavy (non-hydrogen) atoms. The van der Waals surface area contributed by atoms with Gasteiger partial charge in [-0.25, -0.2) is 5.43 Å². The molecule has 0 radical (unpaired) electrons. The van der Waals surface area contributed by atoms with Crippen LogP contribution in [0.1, 0.15) is 19.4 Å². The predicted molar refractivity (Wildman–Crippen MR) is 59.2 cm³/mol. The fourth-order valence-corrected chi connectivity index (χ4v) is 2.16. The molecule has 0 saturated heterocycles. The Morgan fingerprint density at radius 2 is 2.21 bits per heavy atom. The largest absolute Gasteiger partial charge is 0.238 e. The van der Waals surface area contributed by atoms with E-state index in [9.17, 15) is 0 Å². The Morgan fingerprint density at radius 1 is 1.43 bits per heavy atom. The Labute approximate surface area is 88.9 Å². The molecule has 1 aromatic carbocycles. The molecular formula is C10H15N3S. The Balaban J connectivity index is 2.06. The van der Waals surface area contributed by atoms with Gasteiger partial charge in [0, 0.05) is 10.9 Å². The lowest BCUT2D eigenvalue weighted by Gasteiger charge is -2.30. The summed E-state index contributed by atoms with van der Waals surface area (Å²) in [5.41, 5.74) is 4.69. The van der Waals surface area contributed by atoms with Gasteiger partial charge in [-0.1, -0.05) is 18.2 Å². The van der Waals surface area contributed by atoms with Gasteiger partial charge in [-0.2, -0.15) is 9.95 Å². The Bertz CT molecular complexity index is 314. The van der Waals surface area contributed by atoms with E-state index in [0.29, 0.717) is 6.04 Å². The summed E-state index contributed by atoms with van der Waals surface area (Å²) in [6.45, 7) is 5.17. The van der Waals surface area contributed by atoms with Crippen LogP contribution < -0.4 is 10.3 Å². The monoisotopic (exact) mass is 209 g/mol. The summed E-state index contributed by atoms with van der Waals surface area (Å²) in [5.74, 6) is 0. The first-order valence-electron chi connectivity index (χ1n) is 4.80. The van der Waals surface area contributed by atoms with Crippen molar-refractivity contribution in [1.29, 1.82) is 0 Å². The molecule has 0 bridgehead atoms. The number of nitrogens with one attached hydrogen (secondary N) is 2. The van der Waals surface area contributed by atoms with Gasteiger partial charge in [-0.3, -0.25) is 0 Å². The summed E-state index contributed by atoms with van der Waals surface area (Å²) in [7, 11) is 0. The fourth-order valence-electron chi connectivity index (χ4n) is 1.42. The zero-order chi connectivity index (χ0) is 9.97. The van der Waals surface area contributed by atoms with Gasteiger partial charge in [-0.05, 0) is 37.4 Å². The average Bonchev–Trinajstić information content (AvgIpc) is 2.17. The molecule has 0 saturated carbocycles. The van der Waals surface area contributed by atoms with Crippen molar-refractivity contribution in [3.05, 3.63) is 29.8 Å². The third-order valence-corrected chi connectivity index (χ3v) is 2.91. The second kappa shape index (κ2) is 4.31. The second-order valence-electron chi connectivity index (χ2n) is 3.67. The molecule has 1 aliphatic heterocycles. The van der Waals surface area contributed by atoms with E-state index in [1.165, 1.54) is 10.5 Å². The van der Waals surface area contributed by atoms with Gasteiger partial charge in [-0.15, -0.1) is 0 Å². The molecule has 0 amide bonds. The standard InChI is InChI=1S/C10H15N3S/c1-8(2)11-13-7-9-5-3-4-6-10(9)14-12-13/h3-6,8,11-12H,7H2,1-2H3. The highest BCUT2D eigenvalue weighted by molar-refractivity contribution is 7.97. The van der Waals surface area contributed by atoms with Gasteiger partial charge in [0.2, 0.25) is 0 Å². The van der Waals surface area contributed by atoms with Crippen molar-refractivity contribution in [3.63, 3.8) is 0 Å². The van der Waals surface area contributed by atoms with Crippen LogP contribution in [0.25, 0.3) is 0 Å². The number of nitrogens with zero attached hydrogens (tertiary/aromatic N) is 1.